The predicted octanol–water partition coefficient (Wildman–Crippen LogP) is 1.14. The van der Waals surface area contributed by atoms with Crippen LogP contribution in [-0.4, -0.2) is 18.1 Å². The van der Waals surface area contributed by atoms with Crippen molar-refractivity contribution in [1.82, 2.24) is 4.98 Å². The number of ether oxygens (including phenoxy) is 1. The molecule has 0 fully saturated rings. The number of methoxy groups -OCH3 is 1. The van der Waals surface area contributed by atoms with Gasteiger partial charge in [-0.3, -0.25) is 4.98 Å². The first-order chi connectivity index (χ1) is 6.77. The SMILES string of the molecule is COC(=O)C=Cc1ncccc1C#N. The molecule has 0 radical (unpaired) electrons. The Labute approximate surface area is 81.5 Å². The monoisotopic (exact) mass is 188 g/mol. The molecule has 1 aromatic rings. The van der Waals surface area contributed by atoms with Crippen molar-refractivity contribution in [2.45, 2.75) is 0 Å². The van der Waals surface area contributed by atoms with Gasteiger partial charge in [-0.15, -0.1) is 0 Å². The van der Waals surface area contributed by atoms with E-state index in [1.807, 2.05) is 6.07 Å². The van der Waals surface area contributed by atoms with Crippen LogP contribution in [0.1, 0.15) is 11.3 Å². The number of hydrogen-bond donors (Lipinski definition) is 0. The highest BCUT2D eigenvalue weighted by molar-refractivity contribution is 5.86. The molecular weight excluding hydrogens is 180 g/mol. The van der Waals surface area contributed by atoms with Crippen molar-refractivity contribution in [1.29, 1.82) is 5.26 Å². The normalized spacial score (nSPS) is 9.71. The fourth-order valence-electron chi connectivity index (χ4n) is 0.860. The molecule has 1 rings (SSSR count). The summed E-state index contributed by atoms with van der Waals surface area (Å²) in [6.45, 7) is 0. The second-order valence-corrected chi connectivity index (χ2v) is 2.40. The lowest BCUT2D eigenvalue weighted by Crippen LogP contribution is -1.94. The summed E-state index contributed by atoms with van der Waals surface area (Å²) in [5.41, 5.74) is 0.882. The lowest BCUT2D eigenvalue weighted by atomic mass is 10.2. The van der Waals surface area contributed by atoms with E-state index in [-0.39, 0.29) is 0 Å². The Balaban J connectivity index is 2.92. The molecule has 0 aromatic carbocycles. The van der Waals surface area contributed by atoms with Gasteiger partial charge in [0.15, 0.2) is 0 Å². The number of nitriles is 1. The summed E-state index contributed by atoms with van der Waals surface area (Å²) in [6, 6.07) is 5.26. The first-order valence-electron chi connectivity index (χ1n) is 3.89. The minimum Gasteiger partial charge on any atom is -0.466 e. The average Bonchev–Trinajstić information content (AvgIpc) is 2.26. The van der Waals surface area contributed by atoms with Crippen LogP contribution in [0.25, 0.3) is 6.08 Å². The Bertz CT molecular complexity index is 405. The number of hydrogen-bond acceptors (Lipinski definition) is 4. The number of pyridine rings is 1. The van der Waals surface area contributed by atoms with Crippen molar-refractivity contribution in [3.05, 3.63) is 35.7 Å². The summed E-state index contributed by atoms with van der Waals surface area (Å²) in [7, 11) is 1.29. The molecule has 1 heterocycles. The second kappa shape index (κ2) is 4.77. The van der Waals surface area contributed by atoms with Crippen molar-refractivity contribution in [2.75, 3.05) is 7.11 Å². The van der Waals surface area contributed by atoms with Crippen molar-refractivity contribution >= 4 is 12.0 Å². The highest BCUT2D eigenvalue weighted by Gasteiger charge is 1.98. The highest BCUT2D eigenvalue weighted by Crippen LogP contribution is 2.05. The molecule has 0 aliphatic carbocycles. The average molecular weight is 188 g/mol. The van der Waals surface area contributed by atoms with E-state index in [1.54, 1.807) is 18.3 Å². The highest BCUT2D eigenvalue weighted by atomic mass is 16.5. The second-order valence-electron chi connectivity index (χ2n) is 2.40. The van der Waals surface area contributed by atoms with Gasteiger partial charge >= 0.3 is 5.97 Å². The summed E-state index contributed by atoms with van der Waals surface area (Å²) in [5.74, 6) is -0.473. The molecule has 1 aromatic heterocycles. The van der Waals surface area contributed by atoms with Gasteiger partial charge in [0, 0.05) is 12.3 Å². The molecule has 0 unspecified atom stereocenters. The number of nitrogens with zero attached hydrogens (tertiary/aromatic N) is 2. The van der Waals surface area contributed by atoms with E-state index >= 15 is 0 Å². The summed E-state index contributed by atoms with van der Waals surface area (Å²) in [6.07, 6.45) is 4.23. The van der Waals surface area contributed by atoms with Gasteiger partial charge in [-0.1, -0.05) is 0 Å². The zero-order valence-electron chi connectivity index (χ0n) is 7.60. The van der Waals surface area contributed by atoms with E-state index in [0.717, 1.165) is 0 Å². The van der Waals surface area contributed by atoms with Crippen LogP contribution in [-0.2, 0) is 9.53 Å². The zero-order valence-corrected chi connectivity index (χ0v) is 7.60. The van der Waals surface area contributed by atoms with E-state index in [4.69, 9.17) is 5.26 Å². The molecule has 0 bridgehead atoms. The third kappa shape index (κ3) is 2.42. The van der Waals surface area contributed by atoms with Gasteiger partial charge in [0.05, 0.1) is 18.4 Å². The third-order valence-corrected chi connectivity index (χ3v) is 1.54. The standard InChI is InChI=1S/C10H8N2O2/c1-14-10(13)5-4-9-8(7-11)3-2-6-12-9/h2-6H,1H3. The van der Waals surface area contributed by atoms with E-state index in [0.29, 0.717) is 11.3 Å². The Kier molecular flexibility index (Phi) is 3.39. The Morgan fingerprint density at radius 3 is 3.14 bits per heavy atom. The quantitative estimate of drug-likeness (QED) is 0.515. The maximum Gasteiger partial charge on any atom is 0.330 e. The molecule has 0 N–H and O–H groups in total. The van der Waals surface area contributed by atoms with Crippen molar-refractivity contribution in [3.8, 4) is 6.07 Å². The molecule has 0 aliphatic rings. The lowest BCUT2D eigenvalue weighted by Gasteiger charge is -1.94. The first kappa shape index (κ1) is 9.93. The topological polar surface area (TPSA) is 63.0 Å². The number of esters is 1. The Morgan fingerprint density at radius 2 is 2.50 bits per heavy atom. The number of carbonyl (C=O) groups excluding carboxylic acids is 1. The Hall–Kier alpha value is -2.15. The van der Waals surface area contributed by atoms with Crippen molar-refractivity contribution < 1.29 is 9.53 Å². The van der Waals surface area contributed by atoms with Gasteiger partial charge < -0.3 is 4.74 Å². The number of carbonyl (C=O) groups is 1. The largest absolute Gasteiger partial charge is 0.466 e. The molecule has 0 aliphatic heterocycles. The minimum absolute atomic E-state index is 0.424. The maximum atomic E-state index is 10.8. The van der Waals surface area contributed by atoms with Gasteiger partial charge in [0.1, 0.15) is 6.07 Å². The van der Waals surface area contributed by atoms with Crippen LogP contribution in [0.3, 0.4) is 0 Å². The van der Waals surface area contributed by atoms with E-state index < -0.39 is 5.97 Å². The maximum absolute atomic E-state index is 10.8. The van der Waals surface area contributed by atoms with Crippen LogP contribution in [0, 0.1) is 11.3 Å². The van der Waals surface area contributed by atoms with Crippen LogP contribution in [0.5, 0.6) is 0 Å². The lowest BCUT2D eigenvalue weighted by molar-refractivity contribution is -0.134. The molecule has 0 saturated carbocycles. The van der Waals surface area contributed by atoms with Crippen LogP contribution in [0.2, 0.25) is 0 Å². The molecule has 70 valence electrons. The fraction of sp³-hybridized carbons (Fsp3) is 0.100. The van der Waals surface area contributed by atoms with Crippen LogP contribution >= 0.6 is 0 Å². The number of rotatable bonds is 2. The summed E-state index contributed by atoms with van der Waals surface area (Å²) >= 11 is 0. The van der Waals surface area contributed by atoms with Crippen LogP contribution < -0.4 is 0 Å². The summed E-state index contributed by atoms with van der Waals surface area (Å²) in [5, 5.41) is 8.70. The zero-order chi connectivity index (χ0) is 10.4. The van der Waals surface area contributed by atoms with Gasteiger partial charge in [-0.2, -0.15) is 5.26 Å². The molecule has 0 atom stereocenters. The van der Waals surface area contributed by atoms with Gasteiger partial charge in [0.2, 0.25) is 0 Å². The van der Waals surface area contributed by atoms with E-state index in [9.17, 15) is 4.79 Å². The smallest absolute Gasteiger partial charge is 0.330 e. The molecule has 0 amide bonds. The van der Waals surface area contributed by atoms with Crippen molar-refractivity contribution in [3.63, 3.8) is 0 Å². The molecule has 4 heteroatoms. The molecular formula is C10H8N2O2. The van der Waals surface area contributed by atoms with Gasteiger partial charge in [0.25, 0.3) is 0 Å². The van der Waals surface area contributed by atoms with E-state index in [2.05, 4.69) is 9.72 Å². The first-order valence-corrected chi connectivity index (χ1v) is 3.89. The summed E-state index contributed by atoms with van der Waals surface area (Å²) in [4.78, 5) is 14.7. The fourth-order valence-corrected chi connectivity index (χ4v) is 0.860. The van der Waals surface area contributed by atoms with Gasteiger partial charge in [-0.25, -0.2) is 4.79 Å². The molecule has 14 heavy (non-hydrogen) atoms. The third-order valence-electron chi connectivity index (χ3n) is 1.54. The van der Waals surface area contributed by atoms with Crippen LogP contribution in [0.4, 0.5) is 0 Å². The molecule has 4 nitrogen and oxygen atoms in total. The summed E-state index contributed by atoms with van der Waals surface area (Å²) < 4.78 is 4.41. The van der Waals surface area contributed by atoms with E-state index in [1.165, 1.54) is 19.3 Å². The van der Waals surface area contributed by atoms with Crippen LogP contribution in [0.15, 0.2) is 24.4 Å². The number of aromatic nitrogens is 1. The predicted molar refractivity (Wildman–Crippen MR) is 50.0 cm³/mol. The Morgan fingerprint density at radius 1 is 1.71 bits per heavy atom. The van der Waals surface area contributed by atoms with Gasteiger partial charge in [-0.05, 0) is 18.2 Å². The van der Waals surface area contributed by atoms with Crippen molar-refractivity contribution in [2.24, 2.45) is 0 Å². The molecule has 0 spiro atoms. The molecule has 0 saturated heterocycles. The minimum atomic E-state index is -0.473.